The molecule has 0 unspecified atom stereocenters. The Balaban J connectivity index is 1.84. The first kappa shape index (κ1) is 19.1. The molecule has 1 aromatic carbocycles. The Morgan fingerprint density at radius 3 is 2.68 bits per heavy atom. The zero-order chi connectivity index (χ0) is 18.4. The topological polar surface area (TPSA) is 57.0 Å². The number of ether oxygens (including phenoxy) is 1. The summed E-state index contributed by atoms with van der Waals surface area (Å²) in [6.07, 6.45) is 3.03. The summed E-state index contributed by atoms with van der Waals surface area (Å²) in [6.45, 7) is 8.62. The molecule has 2 aromatic rings. The lowest BCUT2D eigenvalue weighted by Gasteiger charge is -2.09. The Labute approximate surface area is 148 Å². The molecule has 0 fully saturated rings. The van der Waals surface area contributed by atoms with Gasteiger partial charge < -0.3 is 4.74 Å². The number of nitrogens with zero attached hydrogens (tertiary/aromatic N) is 3. The third-order valence-corrected chi connectivity index (χ3v) is 4.04. The van der Waals surface area contributed by atoms with E-state index in [0.29, 0.717) is 18.7 Å². The molecule has 136 valence electrons. The summed E-state index contributed by atoms with van der Waals surface area (Å²) in [5.74, 6) is 0.430. The summed E-state index contributed by atoms with van der Waals surface area (Å²) >= 11 is 0. The highest BCUT2D eigenvalue weighted by Gasteiger charge is 2.10. The van der Waals surface area contributed by atoms with Crippen molar-refractivity contribution >= 4 is 5.78 Å². The van der Waals surface area contributed by atoms with Crippen molar-refractivity contribution in [3.05, 3.63) is 41.5 Å². The highest BCUT2D eigenvalue weighted by atomic mass is 19.1. The Hall–Kier alpha value is -2.24. The fraction of sp³-hybridized carbons (Fsp3) is 0.526. The average molecular weight is 347 g/mol. The van der Waals surface area contributed by atoms with Crippen molar-refractivity contribution in [1.29, 1.82) is 0 Å². The minimum atomic E-state index is -0.370. The largest absolute Gasteiger partial charge is 0.484 e. The standard InChI is InChI=1S/C19H26FN3O2/c1-13(2)15-7-8-19(17(20)10-15)25-12-16-11-23(22-21-16)9-5-6-18(24)14(3)4/h7-8,10-11,13-14H,5-6,9,12H2,1-4H3. The van der Waals surface area contributed by atoms with Gasteiger partial charge in [-0.3, -0.25) is 9.48 Å². The van der Waals surface area contributed by atoms with Gasteiger partial charge in [0.05, 0.1) is 6.20 Å². The summed E-state index contributed by atoms with van der Waals surface area (Å²) in [7, 11) is 0. The summed E-state index contributed by atoms with van der Waals surface area (Å²) in [5, 5.41) is 8.03. The van der Waals surface area contributed by atoms with Crippen molar-refractivity contribution in [2.24, 2.45) is 5.92 Å². The first-order valence-corrected chi connectivity index (χ1v) is 8.70. The molecular formula is C19H26FN3O2. The van der Waals surface area contributed by atoms with Crippen LogP contribution in [0.25, 0.3) is 0 Å². The van der Waals surface area contributed by atoms with Gasteiger partial charge in [0.2, 0.25) is 0 Å². The van der Waals surface area contributed by atoms with Crippen LogP contribution in [-0.4, -0.2) is 20.8 Å². The second-order valence-corrected chi connectivity index (χ2v) is 6.83. The van der Waals surface area contributed by atoms with Gasteiger partial charge in [-0.05, 0) is 30.0 Å². The minimum absolute atomic E-state index is 0.0664. The monoisotopic (exact) mass is 347 g/mol. The van der Waals surface area contributed by atoms with E-state index in [4.69, 9.17) is 4.74 Å². The van der Waals surface area contributed by atoms with Crippen LogP contribution in [0.2, 0.25) is 0 Å². The van der Waals surface area contributed by atoms with Crippen molar-refractivity contribution in [1.82, 2.24) is 15.0 Å². The third-order valence-electron chi connectivity index (χ3n) is 4.04. The molecule has 1 aromatic heterocycles. The Morgan fingerprint density at radius 1 is 1.28 bits per heavy atom. The predicted octanol–water partition coefficient (Wildman–Crippen LogP) is 4.12. The average Bonchev–Trinajstić information content (AvgIpc) is 3.01. The summed E-state index contributed by atoms with van der Waals surface area (Å²) < 4.78 is 21.2. The van der Waals surface area contributed by atoms with Crippen LogP contribution >= 0.6 is 0 Å². The molecule has 0 aliphatic heterocycles. The number of carbonyl (C=O) groups is 1. The number of carbonyl (C=O) groups excluding carboxylic acids is 1. The Bertz CT molecular complexity index is 710. The van der Waals surface area contributed by atoms with Crippen molar-refractivity contribution in [3.8, 4) is 5.75 Å². The van der Waals surface area contributed by atoms with E-state index >= 15 is 0 Å². The van der Waals surface area contributed by atoms with Crippen LogP contribution in [0.5, 0.6) is 5.75 Å². The molecule has 0 radical (unpaired) electrons. The molecule has 0 aliphatic rings. The molecule has 6 heteroatoms. The molecule has 2 rings (SSSR count). The zero-order valence-corrected chi connectivity index (χ0v) is 15.3. The lowest BCUT2D eigenvalue weighted by Crippen LogP contribution is -2.08. The fourth-order valence-electron chi connectivity index (χ4n) is 2.36. The van der Waals surface area contributed by atoms with E-state index in [1.165, 1.54) is 6.07 Å². The van der Waals surface area contributed by atoms with Crippen molar-refractivity contribution in [3.63, 3.8) is 0 Å². The molecule has 0 aliphatic carbocycles. The highest BCUT2D eigenvalue weighted by molar-refractivity contribution is 5.80. The van der Waals surface area contributed by atoms with Crippen LogP contribution in [0.1, 0.15) is 57.7 Å². The van der Waals surface area contributed by atoms with Gasteiger partial charge in [-0.25, -0.2) is 4.39 Å². The SMILES string of the molecule is CC(C)C(=O)CCCn1cc(COc2ccc(C(C)C)cc2F)nn1. The second kappa shape index (κ2) is 8.74. The Kier molecular flexibility index (Phi) is 6.67. The maximum absolute atomic E-state index is 14.0. The number of aromatic nitrogens is 3. The van der Waals surface area contributed by atoms with Crippen molar-refractivity contribution in [2.45, 2.75) is 59.6 Å². The van der Waals surface area contributed by atoms with Gasteiger partial charge in [0.15, 0.2) is 11.6 Å². The lowest BCUT2D eigenvalue weighted by atomic mass is 10.0. The van der Waals surface area contributed by atoms with E-state index in [1.807, 2.05) is 33.8 Å². The zero-order valence-electron chi connectivity index (χ0n) is 15.3. The number of aryl methyl sites for hydroxylation is 1. The molecular weight excluding hydrogens is 321 g/mol. The molecule has 0 saturated heterocycles. The molecule has 0 spiro atoms. The number of rotatable bonds is 9. The van der Waals surface area contributed by atoms with Gasteiger partial charge in [0, 0.05) is 18.9 Å². The summed E-state index contributed by atoms with van der Waals surface area (Å²) in [5.41, 5.74) is 1.56. The van der Waals surface area contributed by atoms with Crippen molar-refractivity contribution < 1.29 is 13.9 Å². The van der Waals surface area contributed by atoms with E-state index < -0.39 is 0 Å². The summed E-state index contributed by atoms with van der Waals surface area (Å²) in [4.78, 5) is 11.6. The van der Waals surface area contributed by atoms with E-state index in [2.05, 4.69) is 10.3 Å². The minimum Gasteiger partial charge on any atom is -0.484 e. The molecule has 0 saturated carbocycles. The summed E-state index contributed by atoms with van der Waals surface area (Å²) in [6, 6.07) is 5.01. The van der Waals surface area contributed by atoms with Crippen LogP contribution in [0, 0.1) is 11.7 Å². The van der Waals surface area contributed by atoms with Gasteiger partial charge in [-0.1, -0.05) is 39.0 Å². The lowest BCUT2D eigenvalue weighted by molar-refractivity contribution is -0.122. The molecule has 0 N–H and O–H groups in total. The van der Waals surface area contributed by atoms with Gasteiger partial charge in [-0.15, -0.1) is 5.10 Å². The third kappa shape index (κ3) is 5.66. The van der Waals surface area contributed by atoms with Crippen molar-refractivity contribution in [2.75, 3.05) is 0 Å². The number of hydrogen-bond donors (Lipinski definition) is 0. The Morgan fingerprint density at radius 2 is 2.04 bits per heavy atom. The maximum Gasteiger partial charge on any atom is 0.165 e. The van der Waals surface area contributed by atoms with Crippen LogP contribution < -0.4 is 4.74 Å². The predicted molar refractivity (Wildman–Crippen MR) is 93.9 cm³/mol. The molecule has 0 atom stereocenters. The molecule has 25 heavy (non-hydrogen) atoms. The normalized spacial score (nSPS) is 11.3. The van der Waals surface area contributed by atoms with Gasteiger partial charge >= 0.3 is 0 Å². The van der Waals surface area contributed by atoms with Crippen LogP contribution in [-0.2, 0) is 17.9 Å². The molecule has 1 heterocycles. The number of hydrogen-bond acceptors (Lipinski definition) is 4. The van der Waals surface area contributed by atoms with Gasteiger partial charge in [0.25, 0.3) is 0 Å². The first-order chi connectivity index (χ1) is 11.9. The first-order valence-electron chi connectivity index (χ1n) is 8.70. The van der Waals surface area contributed by atoms with E-state index in [-0.39, 0.29) is 35.8 Å². The quantitative estimate of drug-likeness (QED) is 0.684. The maximum atomic E-state index is 14.0. The van der Waals surface area contributed by atoms with E-state index in [9.17, 15) is 9.18 Å². The fourth-order valence-corrected chi connectivity index (χ4v) is 2.36. The molecule has 0 bridgehead atoms. The molecule has 5 nitrogen and oxygen atoms in total. The number of benzene rings is 1. The van der Waals surface area contributed by atoms with Crippen LogP contribution in [0.15, 0.2) is 24.4 Å². The number of halogens is 1. The van der Waals surface area contributed by atoms with Crippen LogP contribution in [0.4, 0.5) is 4.39 Å². The van der Waals surface area contributed by atoms with Gasteiger partial charge in [-0.2, -0.15) is 0 Å². The van der Waals surface area contributed by atoms with E-state index in [0.717, 1.165) is 12.0 Å². The molecule has 0 amide bonds. The van der Waals surface area contributed by atoms with Crippen LogP contribution in [0.3, 0.4) is 0 Å². The smallest absolute Gasteiger partial charge is 0.165 e. The van der Waals surface area contributed by atoms with E-state index in [1.54, 1.807) is 16.9 Å². The van der Waals surface area contributed by atoms with Gasteiger partial charge in [0.1, 0.15) is 18.1 Å². The number of ketones is 1. The highest BCUT2D eigenvalue weighted by Crippen LogP contribution is 2.23. The second-order valence-electron chi connectivity index (χ2n) is 6.83. The number of Topliss-reactive ketones (excluding diaryl/α,β-unsaturated/α-hetero) is 1.